The lowest BCUT2D eigenvalue weighted by Gasteiger charge is -2.09. The summed E-state index contributed by atoms with van der Waals surface area (Å²) in [6, 6.07) is 11.0. The van der Waals surface area contributed by atoms with Crippen LogP contribution in [0.4, 0.5) is 0 Å². The molecular formula is C20H21ClN4. The van der Waals surface area contributed by atoms with Crippen LogP contribution in [-0.2, 0) is 0 Å². The van der Waals surface area contributed by atoms with Crippen LogP contribution in [0, 0.1) is 22.1 Å². The van der Waals surface area contributed by atoms with Gasteiger partial charge in [-0.05, 0) is 61.4 Å². The van der Waals surface area contributed by atoms with E-state index in [1.807, 2.05) is 31.2 Å². The van der Waals surface area contributed by atoms with Crippen molar-refractivity contribution in [3.63, 3.8) is 0 Å². The number of rotatable bonds is 8. The van der Waals surface area contributed by atoms with Gasteiger partial charge in [-0.15, -0.1) is 0 Å². The molecule has 0 radical (unpaired) electrons. The van der Waals surface area contributed by atoms with Crippen LogP contribution in [0.3, 0.4) is 0 Å². The molecule has 1 aromatic carbocycles. The molecule has 5 heteroatoms. The van der Waals surface area contributed by atoms with Gasteiger partial charge in [-0.1, -0.05) is 30.7 Å². The first-order valence-corrected chi connectivity index (χ1v) is 8.46. The van der Waals surface area contributed by atoms with E-state index < -0.39 is 0 Å². The Kier molecular flexibility index (Phi) is 6.78. The number of benzene rings is 1. The largest absolute Gasteiger partial charge is 0.313 e. The van der Waals surface area contributed by atoms with Crippen molar-refractivity contribution in [3.05, 3.63) is 65.3 Å². The number of halogens is 1. The molecule has 0 saturated carbocycles. The molecular weight excluding hydrogens is 332 g/mol. The lowest BCUT2D eigenvalue weighted by atomic mass is 9.98. The van der Waals surface area contributed by atoms with Gasteiger partial charge in [0.1, 0.15) is 0 Å². The molecule has 4 nitrogen and oxygen atoms in total. The molecule has 1 heterocycles. The van der Waals surface area contributed by atoms with Crippen molar-refractivity contribution in [2.75, 3.05) is 0 Å². The van der Waals surface area contributed by atoms with E-state index in [1.54, 1.807) is 30.5 Å². The molecule has 2 rings (SSSR count). The fourth-order valence-electron chi connectivity index (χ4n) is 2.40. The second-order valence-corrected chi connectivity index (χ2v) is 6.23. The Morgan fingerprint density at radius 1 is 1.20 bits per heavy atom. The maximum absolute atomic E-state index is 8.35. The number of aromatic nitrogens is 1. The monoisotopic (exact) mass is 352 g/mol. The Hall–Kier alpha value is -2.59. The fourth-order valence-corrected chi connectivity index (χ4v) is 2.59. The summed E-state index contributed by atoms with van der Waals surface area (Å²) in [4.78, 5) is 4.40. The van der Waals surface area contributed by atoms with E-state index in [1.165, 1.54) is 6.21 Å². The average Bonchev–Trinajstić information content (AvgIpc) is 2.63. The maximum Gasteiger partial charge on any atom is 0.0796 e. The molecule has 128 valence electrons. The number of allylic oxidation sites excluding steroid dienone is 2. The van der Waals surface area contributed by atoms with Crippen LogP contribution in [0.1, 0.15) is 25.3 Å². The first-order valence-electron chi connectivity index (χ1n) is 8.08. The van der Waals surface area contributed by atoms with E-state index in [-0.39, 0.29) is 5.92 Å². The summed E-state index contributed by atoms with van der Waals surface area (Å²) < 4.78 is 0. The summed E-state index contributed by atoms with van der Waals surface area (Å²) in [7, 11) is 0. The van der Waals surface area contributed by atoms with E-state index in [9.17, 15) is 0 Å². The Morgan fingerprint density at radius 3 is 2.72 bits per heavy atom. The minimum Gasteiger partial charge on any atom is -0.313 e. The molecule has 2 aromatic rings. The van der Waals surface area contributed by atoms with Crippen LogP contribution < -0.4 is 0 Å². The van der Waals surface area contributed by atoms with Crippen molar-refractivity contribution in [1.82, 2.24) is 4.98 Å². The number of hydrogen-bond acceptors (Lipinski definition) is 4. The van der Waals surface area contributed by atoms with Crippen molar-refractivity contribution >= 4 is 29.2 Å². The molecule has 0 spiro atoms. The molecule has 1 atom stereocenters. The topological polar surface area (TPSA) is 84.4 Å². The van der Waals surface area contributed by atoms with E-state index in [2.05, 4.69) is 4.98 Å². The summed E-state index contributed by atoms with van der Waals surface area (Å²) in [6.45, 7) is 1.96. The van der Waals surface area contributed by atoms with Gasteiger partial charge in [0.05, 0.1) is 11.4 Å². The number of nitrogens with one attached hydrogen (secondary N) is 3. The second-order valence-electron chi connectivity index (χ2n) is 5.79. The average molecular weight is 353 g/mol. The van der Waals surface area contributed by atoms with Crippen molar-refractivity contribution in [1.29, 1.82) is 16.2 Å². The molecule has 25 heavy (non-hydrogen) atoms. The molecule has 0 amide bonds. The fraction of sp³-hybridized carbons (Fsp3) is 0.200. The lowest BCUT2D eigenvalue weighted by Crippen LogP contribution is -2.08. The Labute approximate surface area is 153 Å². The highest BCUT2D eigenvalue weighted by Gasteiger charge is 2.10. The number of hydrogen-bond donors (Lipinski definition) is 3. The van der Waals surface area contributed by atoms with Gasteiger partial charge in [0.15, 0.2) is 0 Å². The SMILES string of the molecule is CC(CCC=N)C(=N)/C=C\C(=N)c1cccnc1-c1cccc(Cl)c1. The molecule has 3 N–H and O–H groups in total. The first-order chi connectivity index (χ1) is 12.0. The van der Waals surface area contributed by atoms with Gasteiger partial charge in [-0.2, -0.15) is 0 Å². The van der Waals surface area contributed by atoms with Crippen LogP contribution in [0.2, 0.25) is 5.02 Å². The van der Waals surface area contributed by atoms with Gasteiger partial charge in [-0.25, -0.2) is 0 Å². The van der Waals surface area contributed by atoms with Crippen LogP contribution in [0.25, 0.3) is 11.3 Å². The Balaban J connectivity index is 2.21. The highest BCUT2D eigenvalue weighted by atomic mass is 35.5. The van der Waals surface area contributed by atoms with E-state index in [0.29, 0.717) is 34.1 Å². The third kappa shape index (κ3) is 5.19. The summed E-state index contributed by atoms with van der Waals surface area (Å²) >= 11 is 6.07. The van der Waals surface area contributed by atoms with E-state index in [0.717, 1.165) is 12.0 Å². The first kappa shape index (κ1) is 18.7. The third-order valence-electron chi connectivity index (χ3n) is 3.90. The standard InChI is InChI=1S/C20H21ClN4/c1-14(5-3-11-22)18(23)9-10-19(24)17-8-4-12-25-20(17)15-6-2-7-16(21)13-15/h2,4,6-14,22-24H,3,5H2,1H3/b10-9-,22-11?,23-18?,24-19?. The summed E-state index contributed by atoms with van der Waals surface area (Å²) in [5.41, 5.74) is 3.01. The Morgan fingerprint density at radius 2 is 2.00 bits per heavy atom. The summed E-state index contributed by atoms with van der Waals surface area (Å²) in [6.07, 6.45) is 7.78. The molecule has 0 aliphatic carbocycles. The normalized spacial score (nSPS) is 12.1. The van der Waals surface area contributed by atoms with Gasteiger partial charge in [0.2, 0.25) is 0 Å². The highest BCUT2D eigenvalue weighted by molar-refractivity contribution is 6.30. The predicted molar refractivity (Wildman–Crippen MR) is 106 cm³/mol. The zero-order valence-corrected chi connectivity index (χ0v) is 14.8. The molecule has 0 bridgehead atoms. The van der Waals surface area contributed by atoms with Crippen LogP contribution >= 0.6 is 11.6 Å². The van der Waals surface area contributed by atoms with Crippen molar-refractivity contribution < 1.29 is 0 Å². The zero-order valence-electron chi connectivity index (χ0n) is 14.1. The van der Waals surface area contributed by atoms with Crippen LogP contribution in [0.5, 0.6) is 0 Å². The maximum atomic E-state index is 8.35. The smallest absolute Gasteiger partial charge is 0.0796 e. The van der Waals surface area contributed by atoms with Gasteiger partial charge < -0.3 is 16.2 Å². The molecule has 0 saturated heterocycles. The zero-order chi connectivity index (χ0) is 18.2. The van der Waals surface area contributed by atoms with E-state index >= 15 is 0 Å². The lowest BCUT2D eigenvalue weighted by molar-refractivity contribution is 0.710. The van der Waals surface area contributed by atoms with Crippen molar-refractivity contribution in [3.8, 4) is 11.3 Å². The number of pyridine rings is 1. The number of nitrogens with zero attached hydrogens (tertiary/aromatic N) is 1. The second kappa shape index (κ2) is 9.04. The van der Waals surface area contributed by atoms with Gasteiger partial charge >= 0.3 is 0 Å². The Bertz CT molecular complexity index is 811. The summed E-state index contributed by atoms with van der Waals surface area (Å²) in [5, 5.41) is 24.1. The molecule has 0 fully saturated rings. The van der Waals surface area contributed by atoms with Gasteiger partial charge in [0.25, 0.3) is 0 Å². The van der Waals surface area contributed by atoms with E-state index in [4.69, 9.17) is 27.8 Å². The molecule has 0 aliphatic heterocycles. The highest BCUT2D eigenvalue weighted by Crippen LogP contribution is 2.24. The molecule has 0 aliphatic rings. The van der Waals surface area contributed by atoms with Gasteiger partial charge in [0, 0.05) is 28.1 Å². The van der Waals surface area contributed by atoms with Gasteiger partial charge in [-0.3, -0.25) is 4.98 Å². The minimum absolute atomic E-state index is 0.0620. The molecule has 1 aromatic heterocycles. The quantitative estimate of drug-likeness (QED) is 0.545. The minimum atomic E-state index is 0.0620. The van der Waals surface area contributed by atoms with Crippen LogP contribution in [-0.4, -0.2) is 22.6 Å². The third-order valence-corrected chi connectivity index (χ3v) is 4.14. The van der Waals surface area contributed by atoms with Crippen molar-refractivity contribution in [2.45, 2.75) is 19.8 Å². The van der Waals surface area contributed by atoms with Crippen LogP contribution in [0.15, 0.2) is 54.7 Å². The predicted octanol–water partition coefficient (Wildman–Crippen LogP) is 5.41. The molecule has 1 unspecified atom stereocenters. The summed E-state index contributed by atoms with van der Waals surface area (Å²) in [5.74, 6) is 0.0620. The van der Waals surface area contributed by atoms with Crippen molar-refractivity contribution in [2.24, 2.45) is 5.92 Å².